The Morgan fingerprint density at radius 1 is 0.917 bits per heavy atom. The van der Waals surface area contributed by atoms with Gasteiger partial charge in [-0.15, -0.1) is 0 Å². The highest BCUT2D eigenvalue weighted by Gasteiger charge is 2.02. The molecule has 0 saturated carbocycles. The van der Waals surface area contributed by atoms with Crippen molar-refractivity contribution in [3.63, 3.8) is 0 Å². The molecule has 0 heterocycles. The molecule has 0 aliphatic heterocycles. The van der Waals surface area contributed by atoms with Crippen LogP contribution < -0.4 is 0 Å². The predicted octanol–water partition coefficient (Wildman–Crippen LogP) is 5.95. The van der Waals surface area contributed by atoms with E-state index in [1.54, 1.807) is 0 Å². The van der Waals surface area contributed by atoms with Gasteiger partial charge in [-0.25, -0.2) is 0 Å². The van der Waals surface area contributed by atoms with Crippen LogP contribution in [0.5, 0.6) is 0 Å². The molecule has 0 saturated heterocycles. The molecule has 1 N–H and O–H groups in total. The summed E-state index contributed by atoms with van der Waals surface area (Å²) in [4.78, 5) is 11.3. The fraction of sp³-hybridized carbons (Fsp3) is 0.857. The first-order valence-electron chi connectivity index (χ1n) is 10.2. The lowest BCUT2D eigenvalue weighted by Crippen LogP contribution is -2.04. The Balaban J connectivity index is 3.30. The van der Waals surface area contributed by atoms with Crippen LogP contribution in [0.4, 0.5) is 0 Å². The molecule has 0 aromatic carbocycles. The summed E-state index contributed by atoms with van der Waals surface area (Å²) in [5.41, 5.74) is 0. The van der Waals surface area contributed by atoms with Crippen LogP contribution in [0.2, 0.25) is 0 Å². The van der Waals surface area contributed by atoms with Gasteiger partial charge in [0.25, 0.3) is 0 Å². The van der Waals surface area contributed by atoms with Crippen LogP contribution in [0, 0.1) is 0 Å². The summed E-state index contributed by atoms with van der Waals surface area (Å²) in [7, 11) is 0. The lowest BCUT2D eigenvalue weighted by molar-refractivity contribution is -0.143. The zero-order valence-electron chi connectivity index (χ0n) is 16.1. The number of hydrogen-bond acceptors (Lipinski definition) is 3. The van der Waals surface area contributed by atoms with E-state index in [2.05, 4.69) is 19.1 Å². The lowest BCUT2D eigenvalue weighted by atomic mass is 10.1. The maximum absolute atomic E-state index is 11.3. The Morgan fingerprint density at radius 3 is 2.38 bits per heavy atom. The Morgan fingerprint density at radius 2 is 1.62 bits per heavy atom. The van der Waals surface area contributed by atoms with Gasteiger partial charge in [-0.05, 0) is 38.5 Å². The van der Waals surface area contributed by atoms with Gasteiger partial charge in [-0.1, -0.05) is 70.9 Å². The van der Waals surface area contributed by atoms with E-state index in [9.17, 15) is 9.90 Å². The zero-order chi connectivity index (χ0) is 17.9. The van der Waals surface area contributed by atoms with Crippen LogP contribution in [0.15, 0.2) is 12.2 Å². The summed E-state index contributed by atoms with van der Waals surface area (Å²) in [5.74, 6) is -0.0481. The largest absolute Gasteiger partial charge is 0.466 e. The van der Waals surface area contributed by atoms with E-state index in [4.69, 9.17) is 4.74 Å². The minimum Gasteiger partial charge on any atom is -0.466 e. The van der Waals surface area contributed by atoms with E-state index in [-0.39, 0.29) is 12.1 Å². The van der Waals surface area contributed by atoms with E-state index in [1.165, 1.54) is 38.5 Å². The molecule has 24 heavy (non-hydrogen) atoms. The Kier molecular flexibility index (Phi) is 17.9. The highest BCUT2D eigenvalue weighted by molar-refractivity contribution is 5.69. The minimum absolute atomic E-state index is 0.0481. The molecule has 0 aromatic heterocycles. The number of carbonyl (C=O) groups is 1. The number of ether oxygens (including phenoxy) is 1. The maximum atomic E-state index is 11.3. The van der Waals surface area contributed by atoms with E-state index >= 15 is 0 Å². The van der Waals surface area contributed by atoms with E-state index in [0.717, 1.165) is 44.9 Å². The molecule has 1 atom stereocenters. The smallest absolute Gasteiger partial charge is 0.305 e. The number of hydrogen-bond donors (Lipinski definition) is 1. The van der Waals surface area contributed by atoms with Crippen LogP contribution >= 0.6 is 0 Å². The van der Waals surface area contributed by atoms with Gasteiger partial charge in [-0.2, -0.15) is 0 Å². The number of carbonyl (C=O) groups excluding carboxylic acids is 1. The quantitative estimate of drug-likeness (QED) is 0.202. The fourth-order valence-electron chi connectivity index (χ4n) is 2.65. The SMILES string of the molecule is CCCCCCC(O)C/C=C\CCCCCCCC(=O)OCCC. The van der Waals surface area contributed by atoms with Crippen molar-refractivity contribution in [1.29, 1.82) is 0 Å². The highest BCUT2D eigenvalue weighted by Crippen LogP contribution is 2.10. The molecule has 0 aliphatic carbocycles. The molecule has 0 spiro atoms. The maximum Gasteiger partial charge on any atom is 0.305 e. The van der Waals surface area contributed by atoms with Crippen molar-refractivity contribution in [3.8, 4) is 0 Å². The molecule has 0 aliphatic rings. The van der Waals surface area contributed by atoms with Gasteiger partial charge in [-0.3, -0.25) is 4.79 Å². The molecule has 142 valence electrons. The highest BCUT2D eigenvalue weighted by atomic mass is 16.5. The van der Waals surface area contributed by atoms with Crippen molar-refractivity contribution in [2.75, 3.05) is 6.61 Å². The molecule has 3 nitrogen and oxygen atoms in total. The van der Waals surface area contributed by atoms with Crippen LogP contribution in [-0.2, 0) is 9.53 Å². The minimum atomic E-state index is -0.162. The average Bonchev–Trinajstić information content (AvgIpc) is 2.58. The normalized spacial score (nSPS) is 12.6. The van der Waals surface area contributed by atoms with Crippen molar-refractivity contribution in [2.24, 2.45) is 0 Å². The van der Waals surface area contributed by atoms with E-state index in [1.807, 2.05) is 6.92 Å². The second-order valence-corrected chi connectivity index (χ2v) is 6.74. The van der Waals surface area contributed by atoms with Gasteiger partial charge in [0.05, 0.1) is 12.7 Å². The molecule has 3 heteroatoms. The Labute approximate surface area is 149 Å². The van der Waals surface area contributed by atoms with Crippen molar-refractivity contribution in [3.05, 3.63) is 12.2 Å². The van der Waals surface area contributed by atoms with E-state index in [0.29, 0.717) is 13.0 Å². The number of aliphatic hydroxyl groups excluding tert-OH is 1. The third-order valence-electron chi connectivity index (χ3n) is 4.18. The molecule has 0 amide bonds. The summed E-state index contributed by atoms with van der Waals surface area (Å²) in [5, 5.41) is 9.86. The molecular formula is C21H40O3. The summed E-state index contributed by atoms with van der Waals surface area (Å²) >= 11 is 0. The van der Waals surface area contributed by atoms with Crippen LogP contribution in [0.1, 0.15) is 104 Å². The number of aliphatic hydroxyl groups is 1. The topological polar surface area (TPSA) is 46.5 Å². The third kappa shape index (κ3) is 17.5. The summed E-state index contributed by atoms with van der Waals surface area (Å²) in [6.07, 6.45) is 19.1. The third-order valence-corrected chi connectivity index (χ3v) is 4.18. The second-order valence-electron chi connectivity index (χ2n) is 6.74. The second kappa shape index (κ2) is 18.5. The average molecular weight is 341 g/mol. The predicted molar refractivity (Wildman–Crippen MR) is 102 cm³/mol. The first-order valence-corrected chi connectivity index (χ1v) is 10.2. The van der Waals surface area contributed by atoms with Gasteiger partial charge in [0.15, 0.2) is 0 Å². The standard InChI is InChI=1S/C21H40O3/c1-3-5-6-13-16-20(22)17-14-11-9-7-8-10-12-15-18-21(23)24-19-4-2/h11,14,20,22H,3-10,12-13,15-19H2,1-2H3/b14-11-. The van der Waals surface area contributed by atoms with Crippen molar-refractivity contribution >= 4 is 5.97 Å². The van der Waals surface area contributed by atoms with Gasteiger partial charge in [0, 0.05) is 6.42 Å². The number of unbranched alkanes of at least 4 members (excludes halogenated alkanes) is 8. The van der Waals surface area contributed by atoms with Crippen LogP contribution in [-0.4, -0.2) is 23.8 Å². The lowest BCUT2D eigenvalue weighted by Gasteiger charge is -2.07. The Bertz CT molecular complexity index is 299. The zero-order valence-corrected chi connectivity index (χ0v) is 16.1. The number of allylic oxidation sites excluding steroid dienone is 1. The summed E-state index contributed by atoms with van der Waals surface area (Å²) < 4.78 is 5.05. The summed E-state index contributed by atoms with van der Waals surface area (Å²) in [6, 6.07) is 0. The summed E-state index contributed by atoms with van der Waals surface area (Å²) in [6.45, 7) is 4.77. The van der Waals surface area contributed by atoms with E-state index < -0.39 is 0 Å². The van der Waals surface area contributed by atoms with Crippen molar-refractivity contribution in [2.45, 2.75) is 110 Å². The number of rotatable bonds is 17. The fourth-order valence-corrected chi connectivity index (χ4v) is 2.65. The molecule has 0 rings (SSSR count). The van der Waals surface area contributed by atoms with Crippen molar-refractivity contribution < 1.29 is 14.6 Å². The molecule has 0 radical (unpaired) electrons. The Hall–Kier alpha value is -0.830. The first kappa shape index (κ1) is 23.2. The monoisotopic (exact) mass is 340 g/mol. The molecule has 0 aromatic rings. The van der Waals surface area contributed by atoms with Gasteiger partial charge >= 0.3 is 5.97 Å². The van der Waals surface area contributed by atoms with Gasteiger partial charge in [0.1, 0.15) is 0 Å². The van der Waals surface area contributed by atoms with Crippen LogP contribution in [0.3, 0.4) is 0 Å². The molecule has 1 unspecified atom stereocenters. The van der Waals surface area contributed by atoms with Crippen LogP contribution in [0.25, 0.3) is 0 Å². The molecular weight excluding hydrogens is 300 g/mol. The number of esters is 1. The first-order chi connectivity index (χ1) is 11.7. The molecule has 0 bridgehead atoms. The van der Waals surface area contributed by atoms with Gasteiger partial charge < -0.3 is 9.84 Å². The van der Waals surface area contributed by atoms with Gasteiger partial charge in [0.2, 0.25) is 0 Å². The van der Waals surface area contributed by atoms with Crippen molar-refractivity contribution in [1.82, 2.24) is 0 Å². The molecule has 0 fully saturated rings.